The lowest BCUT2D eigenvalue weighted by Gasteiger charge is -2.11. The smallest absolute Gasteiger partial charge is 0.0542 e. The van der Waals surface area contributed by atoms with Crippen molar-refractivity contribution in [2.24, 2.45) is 0 Å². The number of nitrogens with zero attached hydrogens (tertiary/aromatic N) is 2. The highest BCUT2D eigenvalue weighted by atomic mass is 15.0. The average molecular weight is 576 g/mol. The van der Waals surface area contributed by atoms with Gasteiger partial charge in [0.1, 0.15) is 0 Å². The fourth-order valence-corrected chi connectivity index (χ4v) is 6.82. The first kappa shape index (κ1) is 25.4. The molecule has 0 saturated carbocycles. The summed E-state index contributed by atoms with van der Waals surface area (Å²) < 4.78 is 4.70. The standard InChI is InChI=1S/C42H29N3/c1-2-10-33(11-3-1)44-41-17-9-6-14-37(41)38-28-32(24-27-42(38)44)43-31-22-18-29(19-23-31)30-20-25-34(26-21-30)45-39-15-7-4-12-35(39)36-13-5-8-16-40(36)45/h1-28,43H. The minimum atomic E-state index is 1.06. The molecule has 0 saturated heterocycles. The lowest BCUT2D eigenvalue weighted by atomic mass is 10.0. The van der Waals surface area contributed by atoms with Gasteiger partial charge in [0.2, 0.25) is 0 Å². The third-order valence-corrected chi connectivity index (χ3v) is 8.90. The first-order valence-electron chi connectivity index (χ1n) is 15.4. The minimum absolute atomic E-state index is 1.06. The second-order valence-electron chi connectivity index (χ2n) is 11.5. The van der Waals surface area contributed by atoms with Gasteiger partial charge in [0, 0.05) is 44.3 Å². The van der Waals surface area contributed by atoms with E-state index in [9.17, 15) is 0 Å². The maximum absolute atomic E-state index is 3.64. The number of nitrogens with one attached hydrogen (secondary N) is 1. The zero-order valence-electron chi connectivity index (χ0n) is 24.6. The quantitative estimate of drug-likeness (QED) is 0.217. The normalized spacial score (nSPS) is 11.6. The van der Waals surface area contributed by atoms with Crippen molar-refractivity contribution in [3.63, 3.8) is 0 Å². The lowest BCUT2D eigenvalue weighted by Crippen LogP contribution is -1.94. The van der Waals surface area contributed by atoms with Crippen LogP contribution in [0.4, 0.5) is 11.4 Å². The van der Waals surface area contributed by atoms with Crippen molar-refractivity contribution in [3.8, 4) is 22.5 Å². The van der Waals surface area contributed by atoms with Crippen molar-refractivity contribution >= 4 is 55.0 Å². The van der Waals surface area contributed by atoms with Crippen LogP contribution in [-0.4, -0.2) is 9.13 Å². The third-order valence-electron chi connectivity index (χ3n) is 8.90. The monoisotopic (exact) mass is 575 g/mol. The molecule has 9 rings (SSSR count). The van der Waals surface area contributed by atoms with E-state index in [0.29, 0.717) is 0 Å². The number of anilines is 2. The van der Waals surface area contributed by atoms with Crippen LogP contribution < -0.4 is 5.32 Å². The molecule has 0 fully saturated rings. The largest absolute Gasteiger partial charge is 0.356 e. The molecule has 0 radical (unpaired) electrons. The molecular weight excluding hydrogens is 546 g/mol. The molecule has 2 aromatic heterocycles. The molecule has 0 aliphatic rings. The van der Waals surface area contributed by atoms with Gasteiger partial charge in [-0.25, -0.2) is 0 Å². The fraction of sp³-hybridized carbons (Fsp3) is 0. The van der Waals surface area contributed by atoms with Gasteiger partial charge in [0.25, 0.3) is 0 Å². The van der Waals surface area contributed by atoms with Crippen molar-refractivity contribution < 1.29 is 0 Å². The first-order valence-corrected chi connectivity index (χ1v) is 15.4. The van der Waals surface area contributed by atoms with Gasteiger partial charge in [-0.3, -0.25) is 0 Å². The van der Waals surface area contributed by atoms with E-state index in [-0.39, 0.29) is 0 Å². The Morgan fingerprint density at radius 3 is 1.31 bits per heavy atom. The van der Waals surface area contributed by atoms with Crippen LogP contribution in [-0.2, 0) is 0 Å². The topological polar surface area (TPSA) is 21.9 Å². The highest BCUT2D eigenvalue weighted by Crippen LogP contribution is 2.35. The summed E-state index contributed by atoms with van der Waals surface area (Å²) in [7, 11) is 0. The summed E-state index contributed by atoms with van der Waals surface area (Å²) in [5.41, 5.74) is 11.7. The SMILES string of the molecule is c1ccc(-n2c3ccccc3c3cc(Nc4ccc(-c5ccc(-n6c7ccccc7c7ccccc76)cc5)cc4)ccc32)cc1. The Kier molecular flexibility index (Phi) is 5.82. The van der Waals surface area contributed by atoms with Crippen molar-refractivity contribution in [1.29, 1.82) is 0 Å². The van der Waals surface area contributed by atoms with Crippen LogP contribution in [0.1, 0.15) is 0 Å². The van der Waals surface area contributed by atoms with Crippen LogP contribution in [0.2, 0.25) is 0 Å². The molecule has 0 atom stereocenters. The minimum Gasteiger partial charge on any atom is -0.356 e. The highest BCUT2D eigenvalue weighted by Gasteiger charge is 2.13. The molecule has 0 bridgehead atoms. The van der Waals surface area contributed by atoms with Crippen molar-refractivity contribution in [2.75, 3.05) is 5.32 Å². The van der Waals surface area contributed by atoms with Crippen molar-refractivity contribution in [1.82, 2.24) is 9.13 Å². The van der Waals surface area contributed by atoms with Crippen LogP contribution in [0.5, 0.6) is 0 Å². The fourth-order valence-electron chi connectivity index (χ4n) is 6.82. The number of aromatic nitrogens is 2. The van der Waals surface area contributed by atoms with E-state index in [1.54, 1.807) is 0 Å². The molecule has 1 N–H and O–H groups in total. The molecule has 212 valence electrons. The predicted molar refractivity (Wildman–Crippen MR) is 190 cm³/mol. The number of benzene rings is 7. The average Bonchev–Trinajstić information content (AvgIpc) is 3.62. The Balaban J connectivity index is 1.01. The molecule has 0 aliphatic heterocycles. The van der Waals surface area contributed by atoms with Crippen molar-refractivity contribution in [2.45, 2.75) is 0 Å². The van der Waals surface area contributed by atoms with Crippen LogP contribution in [0.25, 0.3) is 66.1 Å². The van der Waals surface area contributed by atoms with Crippen LogP contribution >= 0.6 is 0 Å². The molecule has 9 aromatic rings. The van der Waals surface area contributed by atoms with E-state index in [1.165, 1.54) is 66.1 Å². The number of para-hydroxylation sites is 4. The van der Waals surface area contributed by atoms with Gasteiger partial charge in [-0.2, -0.15) is 0 Å². The second kappa shape index (κ2) is 10.3. The summed E-state index contributed by atoms with van der Waals surface area (Å²) in [6, 6.07) is 60.7. The molecule has 3 heteroatoms. The van der Waals surface area contributed by atoms with Gasteiger partial charge >= 0.3 is 0 Å². The highest BCUT2D eigenvalue weighted by molar-refractivity contribution is 6.11. The van der Waals surface area contributed by atoms with E-state index < -0.39 is 0 Å². The molecule has 0 amide bonds. The molecule has 3 nitrogen and oxygen atoms in total. The van der Waals surface area contributed by atoms with Gasteiger partial charge in [-0.15, -0.1) is 0 Å². The molecule has 0 aliphatic carbocycles. The Morgan fingerprint density at radius 2 is 0.733 bits per heavy atom. The number of rotatable bonds is 5. The van der Waals surface area contributed by atoms with E-state index in [2.05, 4.69) is 184 Å². The van der Waals surface area contributed by atoms with Gasteiger partial charge in [0.05, 0.1) is 22.1 Å². The Labute approximate surface area is 261 Å². The summed E-state index contributed by atoms with van der Waals surface area (Å²) in [5, 5.41) is 8.68. The van der Waals surface area contributed by atoms with E-state index in [4.69, 9.17) is 0 Å². The number of hydrogen-bond acceptors (Lipinski definition) is 1. The van der Waals surface area contributed by atoms with E-state index in [1.807, 2.05) is 0 Å². The van der Waals surface area contributed by atoms with E-state index >= 15 is 0 Å². The maximum atomic E-state index is 3.64. The summed E-state index contributed by atoms with van der Waals surface area (Å²) in [5.74, 6) is 0. The Morgan fingerprint density at radius 1 is 0.311 bits per heavy atom. The summed E-state index contributed by atoms with van der Waals surface area (Å²) in [4.78, 5) is 0. The molecule has 2 heterocycles. The number of hydrogen-bond donors (Lipinski definition) is 1. The van der Waals surface area contributed by atoms with Gasteiger partial charge in [0.15, 0.2) is 0 Å². The molecule has 0 spiro atoms. The first-order chi connectivity index (χ1) is 22.3. The second-order valence-corrected chi connectivity index (χ2v) is 11.5. The van der Waals surface area contributed by atoms with Crippen LogP contribution in [0.15, 0.2) is 170 Å². The summed E-state index contributed by atoms with van der Waals surface area (Å²) in [6.45, 7) is 0. The Hall–Kier alpha value is -6.06. The number of fused-ring (bicyclic) bond motifs is 6. The van der Waals surface area contributed by atoms with Gasteiger partial charge in [-0.1, -0.05) is 97.1 Å². The summed E-state index contributed by atoms with van der Waals surface area (Å²) in [6.07, 6.45) is 0. The molecule has 7 aromatic carbocycles. The Bertz CT molecular complexity index is 2430. The van der Waals surface area contributed by atoms with E-state index in [0.717, 1.165) is 11.4 Å². The zero-order chi connectivity index (χ0) is 29.7. The zero-order valence-corrected chi connectivity index (χ0v) is 24.6. The van der Waals surface area contributed by atoms with Gasteiger partial charge < -0.3 is 14.5 Å². The third kappa shape index (κ3) is 4.21. The van der Waals surface area contributed by atoms with Crippen molar-refractivity contribution in [3.05, 3.63) is 170 Å². The van der Waals surface area contributed by atoms with Crippen LogP contribution in [0, 0.1) is 0 Å². The molecule has 0 unspecified atom stereocenters. The molecular formula is C42H29N3. The maximum Gasteiger partial charge on any atom is 0.0542 e. The lowest BCUT2D eigenvalue weighted by molar-refractivity contribution is 1.18. The van der Waals surface area contributed by atoms with Crippen LogP contribution in [0.3, 0.4) is 0 Å². The summed E-state index contributed by atoms with van der Waals surface area (Å²) >= 11 is 0. The molecule has 45 heavy (non-hydrogen) atoms. The van der Waals surface area contributed by atoms with Gasteiger partial charge in [-0.05, 0) is 83.9 Å². The predicted octanol–water partition coefficient (Wildman–Crippen LogP) is 11.3.